The van der Waals surface area contributed by atoms with Crippen molar-refractivity contribution in [2.45, 2.75) is 33.4 Å². The van der Waals surface area contributed by atoms with Crippen LogP contribution in [0.15, 0.2) is 0 Å². The third-order valence-electron chi connectivity index (χ3n) is 1.94. The first-order valence-corrected chi connectivity index (χ1v) is 3.87. The van der Waals surface area contributed by atoms with Crippen LogP contribution in [0.3, 0.4) is 0 Å². The van der Waals surface area contributed by atoms with Crippen molar-refractivity contribution in [3.63, 3.8) is 0 Å². The van der Waals surface area contributed by atoms with E-state index in [2.05, 4.69) is 0 Å². The van der Waals surface area contributed by atoms with Gasteiger partial charge in [-0.05, 0) is 12.3 Å². The summed E-state index contributed by atoms with van der Waals surface area (Å²) in [5.41, 5.74) is 0. The van der Waals surface area contributed by atoms with Crippen LogP contribution < -0.4 is 0 Å². The molecule has 2 atom stereocenters. The Kier molecular flexibility index (Phi) is 4.08. The Labute approximate surface area is 66.4 Å². The van der Waals surface area contributed by atoms with Crippen molar-refractivity contribution in [1.82, 2.24) is 0 Å². The molecule has 0 bridgehead atoms. The van der Waals surface area contributed by atoms with E-state index in [-0.39, 0.29) is 11.8 Å². The Morgan fingerprint density at radius 3 is 2.09 bits per heavy atom. The van der Waals surface area contributed by atoms with Gasteiger partial charge in [0.2, 0.25) is 0 Å². The Bertz CT molecular complexity index is 134. The van der Waals surface area contributed by atoms with Crippen molar-refractivity contribution in [3.8, 4) is 0 Å². The first-order chi connectivity index (χ1) is 5.00. The number of rotatable bonds is 4. The fourth-order valence-corrected chi connectivity index (χ4v) is 1.20. The Balaban J connectivity index is 4.13. The van der Waals surface area contributed by atoms with Crippen LogP contribution >= 0.6 is 0 Å². The van der Waals surface area contributed by atoms with Crippen LogP contribution in [0, 0.1) is 11.8 Å². The van der Waals surface area contributed by atoms with Crippen molar-refractivity contribution < 1.29 is 14.3 Å². The SMILES string of the molecule is CCC(C(C)C)C(F)C(=O)O. The second-order valence-electron chi connectivity index (χ2n) is 3.06. The summed E-state index contributed by atoms with van der Waals surface area (Å²) in [5.74, 6) is -1.61. The molecule has 0 radical (unpaired) electrons. The van der Waals surface area contributed by atoms with E-state index in [4.69, 9.17) is 5.11 Å². The van der Waals surface area contributed by atoms with Crippen molar-refractivity contribution in [2.75, 3.05) is 0 Å². The van der Waals surface area contributed by atoms with Crippen LogP contribution in [0.5, 0.6) is 0 Å². The maximum atomic E-state index is 12.8. The maximum absolute atomic E-state index is 12.8. The molecule has 66 valence electrons. The molecule has 0 saturated carbocycles. The van der Waals surface area contributed by atoms with Gasteiger partial charge < -0.3 is 5.11 Å². The first kappa shape index (κ1) is 10.4. The highest BCUT2D eigenvalue weighted by atomic mass is 19.1. The van der Waals surface area contributed by atoms with E-state index in [0.29, 0.717) is 6.42 Å². The minimum absolute atomic E-state index is 0.0890. The molecule has 0 heterocycles. The van der Waals surface area contributed by atoms with E-state index < -0.39 is 12.1 Å². The number of carboxylic acid groups (broad SMARTS) is 1. The molecule has 0 rings (SSSR count). The second kappa shape index (κ2) is 4.31. The lowest BCUT2D eigenvalue weighted by molar-refractivity contribution is -0.145. The summed E-state index contributed by atoms with van der Waals surface area (Å²) in [7, 11) is 0. The standard InChI is InChI=1S/C8H15FO2/c1-4-6(5(2)3)7(9)8(10)11/h5-7H,4H2,1-3H3,(H,10,11). The summed E-state index contributed by atoms with van der Waals surface area (Å²) in [6.07, 6.45) is -1.13. The predicted octanol–water partition coefficient (Wildman–Crippen LogP) is 2.09. The van der Waals surface area contributed by atoms with E-state index >= 15 is 0 Å². The predicted molar refractivity (Wildman–Crippen MR) is 41.2 cm³/mol. The Hall–Kier alpha value is -0.600. The highest BCUT2D eigenvalue weighted by Gasteiger charge is 2.28. The van der Waals surface area contributed by atoms with Gasteiger partial charge in [0.15, 0.2) is 6.17 Å². The number of hydrogen-bond donors (Lipinski definition) is 1. The summed E-state index contributed by atoms with van der Waals surface area (Å²) in [4.78, 5) is 10.2. The average Bonchev–Trinajstić information content (AvgIpc) is 1.88. The van der Waals surface area contributed by atoms with E-state index in [9.17, 15) is 9.18 Å². The highest BCUT2D eigenvalue weighted by molar-refractivity contribution is 5.72. The maximum Gasteiger partial charge on any atom is 0.338 e. The molecule has 0 amide bonds. The topological polar surface area (TPSA) is 37.3 Å². The third kappa shape index (κ3) is 2.87. The van der Waals surface area contributed by atoms with Gasteiger partial charge in [-0.2, -0.15) is 0 Å². The molecule has 11 heavy (non-hydrogen) atoms. The molecule has 2 nitrogen and oxygen atoms in total. The van der Waals surface area contributed by atoms with Crippen LogP contribution in [-0.4, -0.2) is 17.2 Å². The molecule has 0 aliphatic heterocycles. The number of alkyl halides is 1. The molecule has 0 aromatic carbocycles. The Morgan fingerprint density at radius 2 is 2.00 bits per heavy atom. The third-order valence-corrected chi connectivity index (χ3v) is 1.94. The lowest BCUT2D eigenvalue weighted by Gasteiger charge is -2.19. The molecule has 0 aliphatic rings. The normalized spacial score (nSPS) is 16.5. The highest BCUT2D eigenvalue weighted by Crippen LogP contribution is 2.21. The van der Waals surface area contributed by atoms with Crippen LogP contribution in [0.2, 0.25) is 0 Å². The molecule has 0 spiro atoms. The van der Waals surface area contributed by atoms with Gasteiger partial charge in [-0.25, -0.2) is 9.18 Å². The van der Waals surface area contributed by atoms with Gasteiger partial charge >= 0.3 is 5.97 Å². The summed E-state index contributed by atoms with van der Waals surface area (Å²) in [5, 5.41) is 8.36. The Morgan fingerprint density at radius 1 is 1.55 bits per heavy atom. The average molecular weight is 162 g/mol. The van der Waals surface area contributed by atoms with Crippen molar-refractivity contribution in [3.05, 3.63) is 0 Å². The molecule has 1 N–H and O–H groups in total. The van der Waals surface area contributed by atoms with Crippen molar-refractivity contribution in [2.24, 2.45) is 11.8 Å². The van der Waals surface area contributed by atoms with E-state index in [1.165, 1.54) is 0 Å². The lowest BCUT2D eigenvalue weighted by Crippen LogP contribution is -2.28. The minimum Gasteiger partial charge on any atom is -0.479 e. The summed E-state index contributed by atoms with van der Waals surface area (Å²) in [6.45, 7) is 5.48. The first-order valence-electron chi connectivity index (χ1n) is 3.87. The number of carboxylic acids is 1. The fraction of sp³-hybridized carbons (Fsp3) is 0.875. The largest absolute Gasteiger partial charge is 0.479 e. The lowest BCUT2D eigenvalue weighted by atomic mass is 9.89. The van der Waals surface area contributed by atoms with Gasteiger partial charge in [0.05, 0.1) is 0 Å². The van der Waals surface area contributed by atoms with Gasteiger partial charge in [-0.15, -0.1) is 0 Å². The molecule has 0 aromatic rings. The number of carbonyl (C=O) groups is 1. The van der Waals surface area contributed by atoms with Gasteiger partial charge in [0.1, 0.15) is 0 Å². The molecule has 0 fully saturated rings. The number of aliphatic carboxylic acids is 1. The van der Waals surface area contributed by atoms with E-state index in [0.717, 1.165) is 0 Å². The monoisotopic (exact) mass is 162 g/mol. The van der Waals surface area contributed by atoms with Gasteiger partial charge in [-0.1, -0.05) is 20.8 Å². The van der Waals surface area contributed by atoms with Crippen molar-refractivity contribution >= 4 is 5.97 Å². The second-order valence-corrected chi connectivity index (χ2v) is 3.06. The molecule has 2 unspecified atom stereocenters. The summed E-state index contributed by atoms with van der Waals surface area (Å²) < 4.78 is 12.8. The molecular weight excluding hydrogens is 147 g/mol. The zero-order valence-electron chi connectivity index (χ0n) is 7.17. The van der Waals surface area contributed by atoms with Gasteiger partial charge in [0.25, 0.3) is 0 Å². The molecule has 0 saturated heterocycles. The minimum atomic E-state index is -1.71. The van der Waals surface area contributed by atoms with Crippen LogP contribution in [-0.2, 0) is 4.79 Å². The van der Waals surface area contributed by atoms with E-state index in [1.54, 1.807) is 6.92 Å². The van der Waals surface area contributed by atoms with E-state index in [1.807, 2.05) is 13.8 Å². The number of halogens is 1. The van der Waals surface area contributed by atoms with Crippen LogP contribution in [0.1, 0.15) is 27.2 Å². The zero-order chi connectivity index (χ0) is 9.02. The summed E-state index contributed by atoms with van der Waals surface area (Å²) in [6, 6.07) is 0. The van der Waals surface area contributed by atoms with Crippen LogP contribution in [0.25, 0.3) is 0 Å². The van der Waals surface area contributed by atoms with Gasteiger partial charge in [0, 0.05) is 5.92 Å². The molecule has 0 aromatic heterocycles. The van der Waals surface area contributed by atoms with Gasteiger partial charge in [-0.3, -0.25) is 0 Å². The summed E-state index contributed by atoms with van der Waals surface area (Å²) >= 11 is 0. The fourth-order valence-electron chi connectivity index (χ4n) is 1.20. The molecule has 0 aliphatic carbocycles. The molecular formula is C8H15FO2. The van der Waals surface area contributed by atoms with Crippen LogP contribution in [0.4, 0.5) is 4.39 Å². The number of hydrogen-bond acceptors (Lipinski definition) is 1. The van der Waals surface area contributed by atoms with Crippen molar-refractivity contribution in [1.29, 1.82) is 0 Å². The molecule has 3 heteroatoms. The smallest absolute Gasteiger partial charge is 0.338 e. The quantitative estimate of drug-likeness (QED) is 0.687. The zero-order valence-corrected chi connectivity index (χ0v) is 7.17.